The van der Waals surface area contributed by atoms with Crippen LogP contribution in [-0.2, 0) is 0 Å². The lowest BCUT2D eigenvalue weighted by Gasteiger charge is -2.30. The number of halogens is 2. The number of hydrogen-bond donors (Lipinski definition) is 1. The van der Waals surface area contributed by atoms with E-state index in [0.29, 0.717) is 28.2 Å². The van der Waals surface area contributed by atoms with Crippen molar-refractivity contribution >= 4 is 24.0 Å². The van der Waals surface area contributed by atoms with Gasteiger partial charge in [-0.05, 0) is 31.3 Å². The zero-order valence-corrected chi connectivity index (χ0v) is 15.0. The summed E-state index contributed by atoms with van der Waals surface area (Å²) in [6.45, 7) is 2.70. The van der Waals surface area contributed by atoms with Crippen LogP contribution in [0.15, 0.2) is 39.4 Å². The number of nitrogens with zero attached hydrogens (tertiary/aromatic N) is 4. The van der Waals surface area contributed by atoms with Crippen molar-refractivity contribution in [2.45, 2.75) is 6.04 Å². The molecule has 3 heterocycles. The molecule has 9 heteroatoms. The predicted octanol–water partition coefficient (Wildman–Crippen LogP) is 3.04. The summed E-state index contributed by atoms with van der Waals surface area (Å²) in [6, 6.07) is 9.22. The fourth-order valence-electron chi connectivity index (χ4n) is 2.69. The van der Waals surface area contributed by atoms with Crippen molar-refractivity contribution in [2.75, 3.05) is 26.7 Å². The highest BCUT2D eigenvalue weighted by Crippen LogP contribution is 2.27. The second kappa shape index (κ2) is 7.53. The van der Waals surface area contributed by atoms with Crippen LogP contribution in [0.5, 0.6) is 0 Å². The largest absolute Gasteiger partial charge is 0.355 e. The summed E-state index contributed by atoms with van der Waals surface area (Å²) in [5.74, 6) is 1.63. The van der Waals surface area contributed by atoms with E-state index in [0.717, 1.165) is 25.2 Å². The van der Waals surface area contributed by atoms with E-state index in [1.165, 1.54) is 0 Å². The molecule has 7 nitrogen and oxygen atoms in total. The number of benzene rings is 1. The van der Waals surface area contributed by atoms with E-state index in [2.05, 4.69) is 32.6 Å². The summed E-state index contributed by atoms with van der Waals surface area (Å²) < 4.78 is 10.7. The summed E-state index contributed by atoms with van der Waals surface area (Å²) in [6.07, 6.45) is 0. The molecule has 1 aromatic carbocycles. The van der Waals surface area contributed by atoms with Crippen LogP contribution in [0.4, 0.5) is 0 Å². The zero-order valence-electron chi connectivity index (χ0n) is 13.5. The van der Waals surface area contributed by atoms with Crippen molar-refractivity contribution in [2.24, 2.45) is 0 Å². The van der Waals surface area contributed by atoms with Crippen molar-refractivity contribution in [3.05, 3.63) is 41.2 Å². The van der Waals surface area contributed by atoms with E-state index in [9.17, 15) is 0 Å². The zero-order chi connectivity index (χ0) is 16.5. The number of nitrogens with one attached hydrogen (secondary N) is 1. The summed E-state index contributed by atoms with van der Waals surface area (Å²) in [7, 11) is 2.05. The van der Waals surface area contributed by atoms with E-state index in [1.54, 1.807) is 18.2 Å². The molecule has 2 aromatic heterocycles. The Labute approximate surface area is 155 Å². The smallest absolute Gasteiger partial charge is 0.280 e. The normalized spacial score (nSPS) is 18.1. The molecule has 0 spiro atoms. The van der Waals surface area contributed by atoms with Gasteiger partial charge in [-0.15, -0.1) is 12.4 Å². The highest BCUT2D eigenvalue weighted by molar-refractivity contribution is 6.30. The van der Waals surface area contributed by atoms with Crippen molar-refractivity contribution in [3.63, 3.8) is 0 Å². The van der Waals surface area contributed by atoms with Crippen LogP contribution in [0, 0.1) is 0 Å². The van der Waals surface area contributed by atoms with E-state index in [-0.39, 0.29) is 18.4 Å². The molecule has 0 bridgehead atoms. The fourth-order valence-corrected chi connectivity index (χ4v) is 2.82. The maximum Gasteiger partial charge on any atom is 0.280 e. The first-order chi connectivity index (χ1) is 11.7. The molecule has 0 radical (unpaired) electrons. The number of aromatic nitrogens is 3. The first-order valence-electron chi connectivity index (χ1n) is 7.68. The topological polar surface area (TPSA) is 80.2 Å². The monoisotopic (exact) mass is 381 g/mol. The van der Waals surface area contributed by atoms with Crippen LogP contribution < -0.4 is 5.32 Å². The molecule has 1 fully saturated rings. The van der Waals surface area contributed by atoms with Gasteiger partial charge in [0, 0.05) is 36.3 Å². The molecular weight excluding hydrogens is 365 g/mol. The van der Waals surface area contributed by atoms with Crippen molar-refractivity contribution in [1.82, 2.24) is 25.5 Å². The number of rotatable bonds is 3. The van der Waals surface area contributed by atoms with Gasteiger partial charge in [0.15, 0.2) is 17.3 Å². The molecular formula is C16H17Cl2N5O2. The van der Waals surface area contributed by atoms with Gasteiger partial charge in [-0.3, -0.25) is 4.90 Å². The Morgan fingerprint density at radius 2 is 2.00 bits per heavy atom. The first kappa shape index (κ1) is 17.9. The molecule has 0 aliphatic carbocycles. The van der Waals surface area contributed by atoms with E-state index in [1.807, 2.05) is 12.1 Å². The third kappa shape index (κ3) is 3.69. The number of likely N-dealkylation sites (N-methyl/N-ethyl adjacent to an activating group) is 1. The van der Waals surface area contributed by atoms with Gasteiger partial charge in [-0.2, -0.15) is 4.98 Å². The third-order valence-corrected chi connectivity index (χ3v) is 4.36. The fraction of sp³-hybridized carbons (Fsp3) is 0.312. The second-order valence-electron chi connectivity index (χ2n) is 5.74. The molecule has 1 aliphatic heterocycles. The minimum Gasteiger partial charge on any atom is -0.355 e. The van der Waals surface area contributed by atoms with Crippen LogP contribution in [0.3, 0.4) is 0 Å². The van der Waals surface area contributed by atoms with Gasteiger partial charge in [0.25, 0.3) is 5.89 Å². The minimum absolute atomic E-state index is 0. The van der Waals surface area contributed by atoms with Gasteiger partial charge in [-0.1, -0.05) is 21.9 Å². The Morgan fingerprint density at radius 3 is 2.76 bits per heavy atom. The molecule has 4 rings (SSSR count). The minimum atomic E-state index is 0. The van der Waals surface area contributed by atoms with Crippen LogP contribution >= 0.6 is 24.0 Å². The quantitative estimate of drug-likeness (QED) is 0.746. The van der Waals surface area contributed by atoms with Crippen LogP contribution in [0.25, 0.3) is 22.9 Å². The summed E-state index contributed by atoms with van der Waals surface area (Å²) in [4.78, 5) is 6.67. The molecule has 1 N–H and O–H groups in total. The van der Waals surface area contributed by atoms with Crippen molar-refractivity contribution < 1.29 is 9.05 Å². The molecule has 0 amide bonds. The average Bonchev–Trinajstić information content (AvgIpc) is 3.25. The summed E-state index contributed by atoms with van der Waals surface area (Å²) >= 11 is 5.90. The Bertz CT molecular complexity index is 833. The molecule has 1 saturated heterocycles. The Kier molecular flexibility index (Phi) is 5.39. The first-order valence-corrected chi connectivity index (χ1v) is 8.06. The van der Waals surface area contributed by atoms with Gasteiger partial charge in [0.1, 0.15) is 0 Å². The maximum atomic E-state index is 5.90. The van der Waals surface area contributed by atoms with Gasteiger partial charge >= 0.3 is 0 Å². The van der Waals surface area contributed by atoms with Gasteiger partial charge in [-0.25, -0.2) is 0 Å². The predicted molar refractivity (Wildman–Crippen MR) is 95.7 cm³/mol. The van der Waals surface area contributed by atoms with E-state index >= 15 is 0 Å². The second-order valence-corrected chi connectivity index (χ2v) is 6.18. The lowest BCUT2D eigenvalue weighted by molar-refractivity contribution is 0.190. The van der Waals surface area contributed by atoms with Crippen molar-refractivity contribution in [1.29, 1.82) is 0 Å². The van der Waals surface area contributed by atoms with Crippen molar-refractivity contribution in [3.8, 4) is 22.9 Å². The van der Waals surface area contributed by atoms with Gasteiger partial charge < -0.3 is 14.4 Å². The Morgan fingerprint density at radius 1 is 1.20 bits per heavy atom. The SMILES string of the molecule is CN1CCNCC1c1noc(-c2cc(-c3ccc(Cl)cc3)on2)n1.Cl. The highest BCUT2D eigenvalue weighted by atomic mass is 35.5. The number of hydrogen-bond acceptors (Lipinski definition) is 7. The molecule has 132 valence electrons. The lowest BCUT2D eigenvalue weighted by Crippen LogP contribution is -2.44. The van der Waals surface area contributed by atoms with Gasteiger partial charge in [0.05, 0.1) is 6.04 Å². The van der Waals surface area contributed by atoms with Crippen LogP contribution in [0.1, 0.15) is 11.9 Å². The summed E-state index contributed by atoms with van der Waals surface area (Å²) in [5.41, 5.74) is 1.40. The van der Waals surface area contributed by atoms with Crippen LogP contribution in [0.2, 0.25) is 5.02 Å². The Hall–Kier alpha value is -1.93. The standard InChI is InChI=1S/C16H16ClN5O2.ClH/c1-22-7-6-18-9-13(22)15-19-16(24-21-15)12-8-14(23-20-12)10-2-4-11(17)5-3-10;/h2-5,8,13,18H,6-7,9H2,1H3;1H. The molecule has 1 unspecified atom stereocenters. The molecule has 0 saturated carbocycles. The molecule has 3 aromatic rings. The molecule has 25 heavy (non-hydrogen) atoms. The Balaban J connectivity index is 0.00000182. The highest BCUT2D eigenvalue weighted by Gasteiger charge is 2.26. The summed E-state index contributed by atoms with van der Waals surface area (Å²) in [5, 5.41) is 12.1. The molecule has 1 atom stereocenters. The maximum absolute atomic E-state index is 5.90. The van der Waals surface area contributed by atoms with E-state index < -0.39 is 0 Å². The van der Waals surface area contributed by atoms with E-state index in [4.69, 9.17) is 20.6 Å². The third-order valence-electron chi connectivity index (χ3n) is 4.11. The average molecular weight is 382 g/mol. The van der Waals surface area contributed by atoms with Gasteiger partial charge in [0.2, 0.25) is 0 Å². The number of piperazine rings is 1. The lowest BCUT2D eigenvalue weighted by atomic mass is 10.1. The molecule has 1 aliphatic rings. The van der Waals surface area contributed by atoms with Crippen LogP contribution in [-0.4, -0.2) is 46.9 Å².